The topological polar surface area (TPSA) is 56.0 Å². The van der Waals surface area contributed by atoms with Gasteiger partial charge in [-0.05, 0) is 25.5 Å². The van der Waals surface area contributed by atoms with E-state index in [1.165, 1.54) is 0 Å². The molecule has 1 rings (SSSR count). The molecule has 1 unspecified atom stereocenters. The first kappa shape index (κ1) is 11.9. The van der Waals surface area contributed by atoms with Gasteiger partial charge < -0.3 is 5.73 Å². The molecule has 82 valence electrons. The van der Waals surface area contributed by atoms with Crippen molar-refractivity contribution in [3.63, 3.8) is 0 Å². The van der Waals surface area contributed by atoms with Crippen LogP contribution in [0.25, 0.3) is 0 Å². The maximum atomic E-state index is 11.7. The van der Waals surface area contributed by atoms with E-state index < -0.39 is 0 Å². The summed E-state index contributed by atoms with van der Waals surface area (Å²) in [6, 6.07) is 3.63. The fourth-order valence-corrected chi connectivity index (χ4v) is 1.46. The van der Waals surface area contributed by atoms with Gasteiger partial charge in [-0.1, -0.05) is 13.3 Å². The molecular weight excluding hydrogens is 188 g/mol. The number of rotatable bonds is 5. The van der Waals surface area contributed by atoms with Crippen LogP contribution in [0.15, 0.2) is 18.3 Å². The molecule has 0 bridgehead atoms. The first-order valence-electron chi connectivity index (χ1n) is 5.35. The van der Waals surface area contributed by atoms with Crippen LogP contribution < -0.4 is 5.73 Å². The van der Waals surface area contributed by atoms with Gasteiger partial charge in [-0.25, -0.2) is 0 Å². The number of nitrogens with zero attached hydrogens (tertiary/aromatic N) is 1. The minimum absolute atomic E-state index is 0.0243. The van der Waals surface area contributed by atoms with E-state index in [1.807, 2.05) is 19.1 Å². The van der Waals surface area contributed by atoms with Gasteiger partial charge in [0.15, 0.2) is 5.78 Å². The number of hydrogen-bond donors (Lipinski definition) is 1. The molecule has 0 saturated heterocycles. The highest BCUT2D eigenvalue weighted by Gasteiger charge is 2.10. The Bertz CT molecular complexity index is 319. The second-order valence-corrected chi connectivity index (χ2v) is 3.86. The zero-order valence-corrected chi connectivity index (χ0v) is 9.36. The molecule has 0 saturated carbocycles. The second-order valence-electron chi connectivity index (χ2n) is 3.86. The van der Waals surface area contributed by atoms with E-state index in [4.69, 9.17) is 5.73 Å². The Morgan fingerprint density at radius 2 is 2.27 bits per heavy atom. The summed E-state index contributed by atoms with van der Waals surface area (Å²) in [5.41, 5.74) is 7.39. The molecule has 0 aliphatic carbocycles. The zero-order valence-electron chi connectivity index (χ0n) is 9.36. The molecule has 0 aliphatic rings. The van der Waals surface area contributed by atoms with Crippen molar-refractivity contribution < 1.29 is 4.79 Å². The number of carbonyl (C=O) groups is 1. The smallest absolute Gasteiger partial charge is 0.165 e. The van der Waals surface area contributed by atoms with E-state index in [9.17, 15) is 4.79 Å². The quantitative estimate of drug-likeness (QED) is 0.750. The predicted molar refractivity (Wildman–Crippen MR) is 60.8 cm³/mol. The minimum Gasteiger partial charge on any atom is -0.327 e. The molecule has 3 nitrogen and oxygen atoms in total. The molecule has 1 aromatic rings. The lowest BCUT2D eigenvalue weighted by molar-refractivity contribution is 0.0973. The summed E-state index contributed by atoms with van der Waals surface area (Å²) in [4.78, 5) is 15.8. The average molecular weight is 206 g/mol. The molecule has 1 atom stereocenters. The van der Waals surface area contributed by atoms with Crippen molar-refractivity contribution in [2.75, 3.05) is 0 Å². The van der Waals surface area contributed by atoms with Crippen LogP contribution in [-0.4, -0.2) is 16.8 Å². The first-order valence-corrected chi connectivity index (χ1v) is 5.35. The third kappa shape index (κ3) is 3.80. The average Bonchev–Trinajstić information content (AvgIpc) is 2.18. The van der Waals surface area contributed by atoms with Crippen LogP contribution in [-0.2, 0) is 0 Å². The Kier molecular flexibility index (Phi) is 4.43. The number of ketones is 1. The third-order valence-corrected chi connectivity index (χ3v) is 2.34. The molecule has 1 heterocycles. The van der Waals surface area contributed by atoms with Crippen LogP contribution in [0.1, 0.15) is 42.2 Å². The van der Waals surface area contributed by atoms with Crippen molar-refractivity contribution in [2.45, 2.75) is 39.2 Å². The third-order valence-electron chi connectivity index (χ3n) is 2.34. The number of pyridine rings is 1. The van der Waals surface area contributed by atoms with Crippen molar-refractivity contribution in [3.8, 4) is 0 Å². The SMILES string of the molecule is CCCC(N)CC(=O)c1ccc(C)nc1. The number of aromatic nitrogens is 1. The Morgan fingerprint density at radius 1 is 1.53 bits per heavy atom. The van der Waals surface area contributed by atoms with Crippen LogP contribution >= 0.6 is 0 Å². The normalized spacial score (nSPS) is 12.5. The maximum Gasteiger partial charge on any atom is 0.165 e. The Hall–Kier alpha value is -1.22. The minimum atomic E-state index is -0.0243. The summed E-state index contributed by atoms with van der Waals surface area (Å²) in [7, 11) is 0. The number of hydrogen-bond acceptors (Lipinski definition) is 3. The number of Topliss-reactive ketones (excluding diaryl/α,β-unsaturated/α-hetero) is 1. The van der Waals surface area contributed by atoms with E-state index >= 15 is 0 Å². The van der Waals surface area contributed by atoms with Gasteiger partial charge >= 0.3 is 0 Å². The Morgan fingerprint density at radius 3 is 2.80 bits per heavy atom. The van der Waals surface area contributed by atoms with Gasteiger partial charge in [0.2, 0.25) is 0 Å². The van der Waals surface area contributed by atoms with Gasteiger partial charge in [0.25, 0.3) is 0 Å². The van der Waals surface area contributed by atoms with Crippen LogP contribution in [0.4, 0.5) is 0 Å². The molecule has 0 aliphatic heterocycles. The van der Waals surface area contributed by atoms with Crippen molar-refractivity contribution in [1.82, 2.24) is 4.98 Å². The molecule has 0 aromatic carbocycles. The highest BCUT2D eigenvalue weighted by molar-refractivity contribution is 5.96. The summed E-state index contributed by atoms with van der Waals surface area (Å²) in [5.74, 6) is 0.0865. The largest absolute Gasteiger partial charge is 0.327 e. The number of nitrogens with two attached hydrogens (primary N) is 1. The summed E-state index contributed by atoms with van der Waals surface area (Å²) in [5, 5.41) is 0. The predicted octanol–water partition coefficient (Wildman–Crippen LogP) is 2.09. The van der Waals surface area contributed by atoms with Gasteiger partial charge in [0.05, 0.1) is 0 Å². The summed E-state index contributed by atoms with van der Waals surface area (Å²) >= 11 is 0. The summed E-state index contributed by atoms with van der Waals surface area (Å²) in [6.45, 7) is 3.97. The van der Waals surface area contributed by atoms with E-state index in [1.54, 1.807) is 6.20 Å². The zero-order chi connectivity index (χ0) is 11.3. The molecule has 0 amide bonds. The fourth-order valence-electron chi connectivity index (χ4n) is 1.46. The van der Waals surface area contributed by atoms with Crippen molar-refractivity contribution in [1.29, 1.82) is 0 Å². The summed E-state index contributed by atoms with van der Waals surface area (Å²) in [6.07, 6.45) is 3.94. The van der Waals surface area contributed by atoms with E-state index in [2.05, 4.69) is 11.9 Å². The molecular formula is C12H18N2O. The van der Waals surface area contributed by atoms with Crippen LogP contribution in [0.5, 0.6) is 0 Å². The Balaban J connectivity index is 2.57. The first-order chi connectivity index (χ1) is 7.13. The maximum absolute atomic E-state index is 11.7. The lowest BCUT2D eigenvalue weighted by atomic mass is 10.0. The highest BCUT2D eigenvalue weighted by atomic mass is 16.1. The van der Waals surface area contributed by atoms with Gasteiger partial charge in [0.1, 0.15) is 0 Å². The molecule has 3 heteroatoms. The highest BCUT2D eigenvalue weighted by Crippen LogP contribution is 2.07. The van der Waals surface area contributed by atoms with Gasteiger partial charge in [-0.3, -0.25) is 9.78 Å². The van der Waals surface area contributed by atoms with Crippen molar-refractivity contribution in [3.05, 3.63) is 29.6 Å². The monoisotopic (exact) mass is 206 g/mol. The number of aryl methyl sites for hydroxylation is 1. The van der Waals surface area contributed by atoms with E-state index in [-0.39, 0.29) is 11.8 Å². The summed E-state index contributed by atoms with van der Waals surface area (Å²) < 4.78 is 0. The lowest BCUT2D eigenvalue weighted by Gasteiger charge is -2.08. The second kappa shape index (κ2) is 5.61. The van der Waals surface area contributed by atoms with Crippen molar-refractivity contribution >= 4 is 5.78 Å². The Labute approximate surface area is 90.7 Å². The lowest BCUT2D eigenvalue weighted by Crippen LogP contribution is -2.23. The van der Waals surface area contributed by atoms with E-state index in [0.717, 1.165) is 18.5 Å². The van der Waals surface area contributed by atoms with Crippen molar-refractivity contribution in [2.24, 2.45) is 5.73 Å². The molecule has 0 fully saturated rings. The van der Waals surface area contributed by atoms with Gasteiger partial charge in [0, 0.05) is 29.9 Å². The molecule has 2 N–H and O–H groups in total. The molecule has 1 aromatic heterocycles. The number of carbonyl (C=O) groups excluding carboxylic acids is 1. The fraction of sp³-hybridized carbons (Fsp3) is 0.500. The van der Waals surface area contributed by atoms with Crippen LogP contribution in [0, 0.1) is 6.92 Å². The van der Waals surface area contributed by atoms with E-state index in [0.29, 0.717) is 12.0 Å². The molecule has 0 spiro atoms. The van der Waals surface area contributed by atoms with Crippen LogP contribution in [0.3, 0.4) is 0 Å². The standard InChI is InChI=1S/C12H18N2O/c1-3-4-11(13)7-12(15)10-6-5-9(2)14-8-10/h5-6,8,11H,3-4,7,13H2,1-2H3. The molecule has 0 radical (unpaired) electrons. The van der Waals surface area contributed by atoms with Crippen LogP contribution in [0.2, 0.25) is 0 Å². The van der Waals surface area contributed by atoms with Gasteiger partial charge in [-0.15, -0.1) is 0 Å². The molecule has 15 heavy (non-hydrogen) atoms. The van der Waals surface area contributed by atoms with Gasteiger partial charge in [-0.2, -0.15) is 0 Å².